The fourth-order valence-corrected chi connectivity index (χ4v) is 2.65. The van der Waals surface area contributed by atoms with Gasteiger partial charge in [-0.15, -0.1) is 0 Å². The number of methoxy groups -OCH3 is 1. The van der Waals surface area contributed by atoms with E-state index in [0.717, 1.165) is 19.3 Å². The van der Waals surface area contributed by atoms with E-state index in [1.54, 1.807) is 23.2 Å². The van der Waals surface area contributed by atoms with Crippen LogP contribution in [0.2, 0.25) is 0 Å². The van der Waals surface area contributed by atoms with Gasteiger partial charge in [-0.1, -0.05) is 6.92 Å². The first kappa shape index (κ1) is 16.3. The van der Waals surface area contributed by atoms with Gasteiger partial charge in [-0.3, -0.25) is 9.59 Å². The third kappa shape index (κ3) is 3.75. The van der Waals surface area contributed by atoms with E-state index in [-0.39, 0.29) is 17.7 Å². The highest BCUT2D eigenvalue weighted by atomic mass is 16.5. The topological polar surface area (TPSA) is 71.5 Å². The number of nitrogens with one attached hydrogen (secondary N) is 1. The van der Waals surface area contributed by atoms with E-state index in [2.05, 4.69) is 10.3 Å². The molecule has 22 heavy (non-hydrogen) atoms. The molecule has 0 saturated carbocycles. The zero-order valence-electron chi connectivity index (χ0n) is 13.2. The summed E-state index contributed by atoms with van der Waals surface area (Å²) in [6.07, 6.45) is 4.16. The molecule has 6 nitrogen and oxygen atoms in total. The number of nitrogens with zero attached hydrogens (tertiary/aromatic N) is 2. The lowest BCUT2D eigenvalue weighted by Gasteiger charge is -2.32. The van der Waals surface area contributed by atoms with Crippen molar-refractivity contribution in [1.29, 1.82) is 0 Å². The Morgan fingerprint density at radius 3 is 3.05 bits per heavy atom. The Hall–Kier alpha value is -2.11. The minimum Gasteiger partial charge on any atom is -0.480 e. The van der Waals surface area contributed by atoms with E-state index in [4.69, 9.17) is 4.74 Å². The van der Waals surface area contributed by atoms with Gasteiger partial charge < -0.3 is 15.0 Å². The molecular formula is C16H23N3O3. The zero-order chi connectivity index (χ0) is 15.9. The van der Waals surface area contributed by atoms with Crippen LogP contribution in [0.25, 0.3) is 0 Å². The number of carbonyl (C=O) groups excluding carboxylic acids is 2. The highest BCUT2D eigenvalue weighted by Crippen LogP contribution is 2.22. The van der Waals surface area contributed by atoms with Crippen molar-refractivity contribution >= 4 is 11.8 Å². The second-order valence-electron chi connectivity index (χ2n) is 5.44. The van der Waals surface area contributed by atoms with Gasteiger partial charge in [-0.25, -0.2) is 4.98 Å². The maximum atomic E-state index is 12.6. The van der Waals surface area contributed by atoms with Crippen molar-refractivity contribution in [2.75, 3.05) is 26.7 Å². The number of likely N-dealkylation sites (tertiary alicyclic amines) is 1. The van der Waals surface area contributed by atoms with Crippen LogP contribution in [0.5, 0.6) is 5.88 Å². The molecule has 1 aliphatic heterocycles. The van der Waals surface area contributed by atoms with Crippen LogP contribution in [-0.2, 0) is 4.79 Å². The van der Waals surface area contributed by atoms with Crippen molar-refractivity contribution < 1.29 is 14.3 Å². The van der Waals surface area contributed by atoms with Crippen LogP contribution in [0.3, 0.4) is 0 Å². The first-order chi connectivity index (χ1) is 10.7. The predicted molar refractivity (Wildman–Crippen MR) is 82.7 cm³/mol. The maximum absolute atomic E-state index is 12.6. The number of piperidine rings is 1. The Labute approximate surface area is 130 Å². The first-order valence-electron chi connectivity index (χ1n) is 7.73. The van der Waals surface area contributed by atoms with E-state index < -0.39 is 0 Å². The van der Waals surface area contributed by atoms with Gasteiger partial charge in [0.15, 0.2) is 0 Å². The number of ether oxygens (including phenoxy) is 1. The highest BCUT2D eigenvalue weighted by molar-refractivity contribution is 5.96. The second-order valence-corrected chi connectivity index (χ2v) is 5.44. The number of amides is 2. The molecule has 1 fully saturated rings. The van der Waals surface area contributed by atoms with Crippen LogP contribution in [0.15, 0.2) is 18.3 Å². The molecule has 2 rings (SSSR count). The largest absolute Gasteiger partial charge is 0.480 e. The smallest absolute Gasteiger partial charge is 0.259 e. The lowest BCUT2D eigenvalue weighted by molar-refractivity contribution is -0.126. The van der Waals surface area contributed by atoms with Gasteiger partial charge in [0.1, 0.15) is 5.56 Å². The monoisotopic (exact) mass is 305 g/mol. The number of hydrogen-bond acceptors (Lipinski definition) is 4. The fourth-order valence-electron chi connectivity index (χ4n) is 2.65. The van der Waals surface area contributed by atoms with Crippen LogP contribution in [-0.4, -0.2) is 48.4 Å². The van der Waals surface area contributed by atoms with Crippen molar-refractivity contribution in [1.82, 2.24) is 15.2 Å². The molecule has 120 valence electrons. The van der Waals surface area contributed by atoms with E-state index in [9.17, 15) is 9.59 Å². The molecule has 1 atom stereocenters. The Morgan fingerprint density at radius 1 is 1.50 bits per heavy atom. The van der Waals surface area contributed by atoms with Crippen LogP contribution in [0.4, 0.5) is 0 Å². The van der Waals surface area contributed by atoms with Gasteiger partial charge in [0.2, 0.25) is 11.8 Å². The SMILES string of the molecule is CCCNC(=O)C1CCCN(C(=O)c2cccnc2OC)C1. The molecule has 1 aromatic rings. The molecule has 1 aliphatic rings. The summed E-state index contributed by atoms with van der Waals surface area (Å²) < 4.78 is 5.15. The number of rotatable bonds is 5. The highest BCUT2D eigenvalue weighted by Gasteiger charge is 2.29. The molecule has 2 heterocycles. The number of hydrogen-bond donors (Lipinski definition) is 1. The maximum Gasteiger partial charge on any atom is 0.259 e. The molecule has 0 spiro atoms. The summed E-state index contributed by atoms with van der Waals surface area (Å²) in [5.74, 6) is 0.104. The van der Waals surface area contributed by atoms with Gasteiger partial charge in [0.25, 0.3) is 5.91 Å². The summed E-state index contributed by atoms with van der Waals surface area (Å²) in [5, 5.41) is 2.91. The first-order valence-corrected chi connectivity index (χ1v) is 7.73. The normalized spacial score (nSPS) is 17.9. The van der Waals surface area contributed by atoms with Crippen LogP contribution < -0.4 is 10.1 Å². The molecule has 0 aliphatic carbocycles. The van der Waals surface area contributed by atoms with Crippen LogP contribution in [0, 0.1) is 5.92 Å². The second kappa shape index (κ2) is 7.77. The Kier molecular flexibility index (Phi) is 5.75. The summed E-state index contributed by atoms with van der Waals surface area (Å²) in [7, 11) is 1.50. The van der Waals surface area contributed by atoms with Gasteiger partial charge >= 0.3 is 0 Å². The van der Waals surface area contributed by atoms with E-state index in [1.807, 2.05) is 6.92 Å². The average molecular weight is 305 g/mol. The molecule has 0 bridgehead atoms. The minimum absolute atomic E-state index is 0.0394. The quantitative estimate of drug-likeness (QED) is 0.894. The number of aromatic nitrogens is 1. The molecule has 1 aromatic heterocycles. The van der Waals surface area contributed by atoms with Crippen molar-refractivity contribution in [3.8, 4) is 5.88 Å². The lowest BCUT2D eigenvalue weighted by atomic mass is 9.96. The molecule has 0 radical (unpaired) electrons. The Balaban J connectivity index is 2.05. The summed E-state index contributed by atoms with van der Waals surface area (Å²) in [4.78, 5) is 30.5. The Bertz CT molecular complexity index is 533. The number of pyridine rings is 1. The third-order valence-electron chi connectivity index (χ3n) is 3.82. The van der Waals surface area contributed by atoms with Gasteiger partial charge in [0.05, 0.1) is 13.0 Å². The molecule has 1 unspecified atom stereocenters. The zero-order valence-corrected chi connectivity index (χ0v) is 13.2. The lowest BCUT2D eigenvalue weighted by Crippen LogP contribution is -2.45. The average Bonchev–Trinajstić information content (AvgIpc) is 2.59. The van der Waals surface area contributed by atoms with Gasteiger partial charge in [0, 0.05) is 25.8 Å². The predicted octanol–water partition coefficient (Wildman–Crippen LogP) is 1.47. The standard InChI is InChI=1S/C16H23N3O3/c1-3-8-17-14(20)12-6-5-10-19(11-12)16(21)13-7-4-9-18-15(13)22-2/h4,7,9,12H,3,5-6,8,10-11H2,1-2H3,(H,17,20). The van der Waals surface area contributed by atoms with Crippen LogP contribution in [0.1, 0.15) is 36.5 Å². The minimum atomic E-state index is -0.132. The van der Waals surface area contributed by atoms with E-state index in [1.165, 1.54) is 7.11 Å². The van der Waals surface area contributed by atoms with Crippen molar-refractivity contribution in [2.24, 2.45) is 5.92 Å². The summed E-state index contributed by atoms with van der Waals surface area (Å²) in [5.41, 5.74) is 0.444. The van der Waals surface area contributed by atoms with Gasteiger partial charge in [-0.2, -0.15) is 0 Å². The number of carbonyl (C=O) groups is 2. The van der Waals surface area contributed by atoms with E-state index >= 15 is 0 Å². The summed E-state index contributed by atoms with van der Waals surface area (Å²) in [6.45, 7) is 3.81. The van der Waals surface area contributed by atoms with Crippen molar-refractivity contribution in [3.63, 3.8) is 0 Å². The third-order valence-corrected chi connectivity index (χ3v) is 3.82. The van der Waals surface area contributed by atoms with E-state index in [0.29, 0.717) is 31.1 Å². The molecular weight excluding hydrogens is 282 g/mol. The molecule has 1 N–H and O–H groups in total. The molecule has 0 aromatic carbocycles. The molecule has 6 heteroatoms. The summed E-state index contributed by atoms with van der Waals surface area (Å²) in [6, 6.07) is 3.42. The summed E-state index contributed by atoms with van der Waals surface area (Å²) >= 11 is 0. The van der Waals surface area contributed by atoms with Crippen LogP contribution >= 0.6 is 0 Å². The van der Waals surface area contributed by atoms with Crippen molar-refractivity contribution in [3.05, 3.63) is 23.9 Å². The Morgan fingerprint density at radius 2 is 2.32 bits per heavy atom. The van der Waals surface area contributed by atoms with Gasteiger partial charge in [-0.05, 0) is 31.4 Å². The van der Waals surface area contributed by atoms with Crippen molar-refractivity contribution in [2.45, 2.75) is 26.2 Å². The molecule has 1 saturated heterocycles. The molecule has 2 amide bonds. The fraction of sp³-hybridized carbons (Fsp3) is 0.562.